The number of rotatable bonds is 8. The van der Waals surface area contributed by atoms with Crippen LogP contribution in [-0.2, 0) is 9.59 Å². The fourth-order valence-electron chi connectivity index (χ4n) is 2.24. The van der Waals surface area contributed by atoms with Gasteiger partial charge in [-0.3, -0.25) is 9.59 Å². The number of ether oxygens (including phenoxy) is 1. The van der Waals surface area contributed by atoms with E-state index in [2.05, 4.69) is 0 Å². The quantitative estimate of drug-likeness (QED) is 0.802. The van der Waals surface area contributed by atoms with E-state index < -0.39 is 5.97 Å². The third kappa shape index (κ3) is 5.76. The van der Waals surface area contributed by atoms with Crippen molar-refractivity contribution in [2.75, 3.05) is 19.7 Å². The molecule has 0 saturated heterocycles. The summed E-state index contributed by atoms with van der Waals surface area (Å²) in [6, 6.07) is 5.81. The molecule has 5 heteroatoms. The number of carbonyl (C=O) groups excluding carboxylic acids is 1. The van der Waals surface area contributed by atoms with Crippen LogP contribution in [0.4, 0.5) is 0 Å². The molecule has 0 aliphatic heterocycles. The Hall–Kier alpha value is -2.04. The second-order valence-corrected chi connectivity index (χ2v) is 5.89. The van der Waals surface area contributed by atoms with Gasteiger partial charge in [0, 0.05) is 13.1 Å². The smallest absolute Gasteiger partial charge is 0.305 e. The molecule has 0 bridgehead atoms. The highest BCUT2D eigenvalue weighted by Crippen LogP contribution is 2.22. The van der Waals surface area contributed by atoms with Crippen LogP contribution >= 0.6 is 0 Å². The van der Waals surface area contributed by atoms with Gasteiger partial charge in [0.2, 0.25) is 0 Å². The van der Waals surface area contributed by atoms with Crippen LogP contribution in [0.15, 0.2) is 18.2 Å². The first-order valence-electron chi connectivity index (χ1n) is 7.49. The van der Waals surface area contributed by atoms with Crippen molar-refractivity contribution >= 4 is 11.9 Å². The average molecular weight is 307 g/mol. The van der Waals surface area contributed by atoms with Crippen LogP contribution in [0, 0.1) is 19.8 Å². The summed E-state index contributed by atoms with van der Waals surface area (Å²) in [4.78, 5) is 24.6. The van der Waals surface area contributed by atoms with Crippen molar-refractivity contribution < 1.29 is 19.4 Å². The van der Waals surface area contributed by atoms with Gasteiger partial charge in [-0.2, -0.15) is 0 Å². The summed E-state index contributed by atoms with van der Waals surface area (Å²) in [7, 11) is 0. The average Bonchev–Trinajstić information content (AvgIpc) is 2.42. The molecule has 1 aromatic carbocycles. The predicted octanol–water partition coefficient (Wildman–Crippen LogP) is 2.64. The number of hydrogen-bond acceptors (Lipinski definition) is 3. The molecular weight excluding hydrogens is 282 g/mol. The van der Waals surface area contributed by atoms with Crippen molar-refractivity contribution in [2.45, 2.75) is 34.1 Å². The first-order chi connectivity index (χ1) is 10.3. The van der Waals surface area contributed by atoms with Gasteiger partial charge in [-0.05, 0) is 30.9 Å². The Balaban J connectivity index is 2.67. The summed E-state index contributed by atoms with van der Waals surface area (Å²) < 4.78 is 5.66. The molecule has 0 unspecified atom stereocenters. The van der Waals surface area contributed by atoms with Gasteiger partial charge in [0.25, 0.3) is 5.91 Å². The first-order valence-corrected chi connectivity index (χ1v) is 7.49. The number of aryl methyl sites for hydroxylation is 2. The van der Waals surface area contributed by atoms with Crippen LogP contribution in [0.3, 0.4) is 0 Å². The number of nitrogens with zero attached hydrogens (tertiary/aromatic N) is 1. The molecule has 1 aromatic rings. The largest absolute Gasteiger partial charge is 0.483 e. The van der Waals surface area contributed by atoms with E-state index in [1.54, 1.807) is 4.90 Å². The topological polar surface area (TPSA) is 66.8 Å². The number of carboxylic acid groups (broad SMARTS) is 1. The Morgan fingerprint density at radius 1 is 1.23 bits per heavy atom. The highest BCUT2D eigenvalue weighted by atomic mass is 16.5. The maximum Gasteiger partial charge on any atom is 0.305 e. The zero-order chi connectivity index (χ0) is 16.7. The molecule has 1 N–H and O–H groups in total. The van der Waals surface area contributed by atoms with E-state index in [0.717, 1.165) is 16.9 Å². The highest BCUT2D eigenvalue weighted by molar-refractivity contribution is 5.78. The second-order valence-electron chi connectivity index (χ2n) is 5.89. The molecule has 0 heterocycles. The Morgan fingerprint density at radius 3 is 2.32 bits per heavy atom. The molecule has 0 aliphatic rings. The van der Waals surface area contributed by atoms with Crippen LogP contribution in [0.1, 0.15) is 31.4 Å². The third-order valence-corrected chi connectivity index (χ3v) is 3.28. The van der Waals surface area contributed by atoms with Gasteiger partial charge in [-0.1, -0.05) is 32.0 Å². The Labute approximate surface area is 131 Å². The summed E-state index contributed by atoms with van der Waals surface area (Å²) >= 11 is 0. The number of amides is 1. The second kappa shape index (κ2) is 8.41. The third-order valence-electron chi connectivity index (χ3n) is 3.28. The van der Waals surface area contributed by atoms with Gasteiger partial charge < -0.3 is 14.7 Å². The summed E-state index contributed by atoms with van der Waals surface area (Å²) in [5.74, 6) is -0.0913. The predicted molar refractivity (Wildman–Crippen MR) is 85.1 cm³/mol. The van der Waals surface area contributed by atoms with E-state index in [1.807, 2.05) is 45.9 Å². The van der Waals surface area contributed by atoms with Gasteiger partial charge in [0.1, 0.15) is 5.75 Å². The lowest BCUT2D eigenvalue weighted by molar-refractivity contribution is -0.139. The van der Waals surface area contributed by atoms with Crippen LogP contribution < -0.4 is 4.74 Å². The van der Waals surface area contributed by atoms with Crippen molar-refractivity contribution in [3.63, 3.8) is 0 Å². The number of aliphatic carboxylic acids is 1. The van der Waals surface area contributed by atoms with Gasteiger partial charge >= 0.3 is 5.97 Å². The zero-order valence-corrected chi connectivity index (χ0v) is 13.8. The maximum atomic E-state index is 12.3. The Bertz CT molecular complexity index is 505. The van der Waals surface area contributed by atoms with Crippen molar-refractivity contribution in [3.8, 4) is 5.75 Å². The van der Waals surface area contributed by atoms with Crippen LogP contribution in [0.2, 0.25) is 0 Å². The number of carboxylic acids is 1. The van der Waals surface area contributed by atoms with Crippen molar-refractivity contribution in [3.05, 3.63) is 29.3 Å². The highest BCUT2D eigenvalue weighted by Gasteiger charge is 2.17. The Kier molecular flexibility index (Phi) is 6.89. The normalized spacial score (nSPS) is 10.6. The monoisotopic (exact) mass is 307 g/mol. The zero-order valence-electron chi connectivity index (χ0n) is 13.8. The van der Waals surface area contributed by atoms with Crippen molar-refractivity contribution in [2.24, 2.45) is 5.92 Å². The fraction of sp³-hybridized carbons (Fsp3) is 0.529. The minimum absolute atomic E-state index is 0.0537. The lowest BCUT2D eigenvalue weighted by Gasteiger charge is -2.24. The molecular formula is C17H25NO4. The van der Waals surface area contributed by atoms with Gasteiger partial charge in [0.05, 0.1) is 6.42 Å². The molecule has 0 saturated carbocycles. The van der Waals surface area contributed by atoms with Gasteiger partial charge in [0.15, 0.2) is 6.61 Å². The lowest BCUT2D eigenvalue weighted by atomic mass is 10.1. The van der Waals surface area contributed by atoms with Gasteiger partial charge in [-0.25, -0.2) is 0 Å². The maximum absolute atomic E-state index is 12.3. The number of carbonyl (C=O) groups is 2. The van der Waals surface area contributed by atoms with Crippen LogP contribution in [-0.4, -0.2) is 41.6 Å². The Morgan fingerprint density at radius 2 is 1.82 bits per heavy atom. The van der Waals surface area contributed by atoms with Crippen molar-refractivity contribution in [1.29, 1.82) is 0 Å². The van der Waals surface area contributed by atoms with Crippen LogP contribution in [0.25, 0.3) is 0 Å². The number of para-hydroxylation sites is 1. The van der Waals surface area contributed by atoms with E-state index in [1.165, 1.54) is 0 Å². The number of hydrogen-bond donors (Lipinski definition) is 1. The summed E-state index contributed by atoms with van der Waals surface area (Å²) in [6.07, 6.45) is -0.0537. The van der Waals surface area contributed by atoms with E-state index in [0.29, 0.717) is 6.54 Å². The van der Waals surface area contributed by atoms with E-state index in [9.17, 15) is 9.59 Å². The standard InChI is InChI=1S/C17H25NO4/c1-12(2)10-18(9-8-16(20)21)15(19)11-22-17-13(3)6-5-7-14(17)4/h5-7,12H,8-11H2,1-4H3,(H,20,21). The minimum Gasteiger partial charge on any atom is -0.483 e. The number of benzene rings is 1. The molecule has 0 aromatic heterocycles. The molecule has 0 atom stereocenters. The SMILES string of the molecule is Cc1cccc(C)c1OCC(=O)N(CCC(=O)O)CC(C)C. The molecule has 0 fully saturated rings. The van der Waals surface area contributed by atoms with Crippen LogP contribution in [0.5, 0.6) is 5.75 Å². The fourth-order valence-corrected chi connectivity index (χ4v) is 2.24. The minimum atomic E-state index is -0.905. The van der Waals surface area contributed by atoms with E-state index in [4.69, 9.17) is 9.84 Å². The molecule has 0 radical (unpaired) electrons. The van der Waals surface area contributed by atoms with E-state index >= 15 is 0 Å². The van der Waals surface area contributed by atoms with Crippen molar-refractivity contribution in [1.82, 2.24) is 4.90 Å². The van der Waals surface area contributed by atoms with E-state index in [-0.39, 0.29) is 31.4 Å². The molecule has 5 nitrogen and oxygen atoms in total. The molecule has 122 valence electrons. The van der Waals surface area contributed by atoms with Gasteiger partial charge in [-0.15, -0.1) is 0 Å². The lowest BCUT2D eigenvalue weighted by Crippen LogP contribution is -2.39. The molecule has 0 aliphatic carbocycles. The first kappa shape index (κ1) is 18.0. The molecule has 1 amide bonds. The summed E-state index contributed by atoms with van der Waals surface area (Å²) in [5.41, 5.74) is 1.96. The summed E-state index contributed by atoms with van der Waals surface area (Å²) in [5, 5.41) is 8.79. The molecule has 0 spiro atoms. The molecule has 1 rings (SSSR count). The summed E-state index contributed by atoms with van der Waals surface area (Å²) in [6.45, 7) is 8.52. The molecule has 22 heavy (non-hydrogen) atoms.